The van der Waals surface area contributed by atoms with E-state index in [1.165, 1.54) is 5.56 Å². The third-order valence-corrected chi connectivity index (χ3v) is 5.12. The molecule has 1 aromatic heterocycles. The van der Waals surface area contributed by atoms with Crippen LogP contribution in [0.15, 0.2) is 21.4 Å². The SMILES string of the molecule is CCNC(c1ccoc1Br)C1CCOC2(CCOC2)C1. The fourth-order valence-corrected chi connectivity index (χ4v) is 3.98. The fourth-order valence-electron chi connectivity index (χ4n) is 3.49. The number of rotatable bonds is 4. The molecule has 2 aliphatic heterocycles. The van der Waals surface area contributed by atoms with Gasteiger partial charge in [0.25, 0.3) is 0 Å². The van der Waals surface area contributed by atoms with E-state index in [9.17, 15) is 0 Å². The van der Waals surface area contributed by atoms with Crippen LogP contribution in [0.25, 0.3) is 0 Å². The summed E-state index contributed by atoms with van der Waals surface area (Å²) in [5, 5.41) is 3.62. The minimum absolute atomic E-state index is 0.0488. The van der Waals surface area contributed by atoms with E-state index in [1.54, 1.807) is 6.26 Å². The molecule has 2 aliphatic rings. The highest BCUT2D eigenvalue weighted by atomic mass is 79.9. The maximum absolute atomic E-state index is 6.04. The van der Waals surface area contributed by atoms with Crippen LogP contribution < -0.4 is 5.32 Å². The zero-order valence-electron chi connectivity index (χ0n) is 11.9. The van der Waals surface area contributed by atoms with Gasteiger partial charge in [-0.25, -0.2) is 0 Å². The minimum Gasteiger partial charge on any atom is -0.457 e. The molecular formula is C15H22BrNO3. The molecule has 0 radical (unpaired) electrons. The Hall–Kier alpha value is -0.360. The first-order chi connectivity index (χ1) is 9.74. The molecule has 0 saturated carbocycles. The molecule has 2 saturated heterocycles. The van der Waals surface area contributed by atoms with Gasteiger partial charge in [0.05, 0.1) is 18.5 Å². The molecule has 112 valence electrons. The quantitative estimate of drug-likeness (QED) is 0.910. The number of ether oxygens (including phenoxy) is 2. The van der Waals surface area contributed by atoms with Gasteiger partial charge in [0.2, 0.25) is 0 Å². The Kier molecular flexibility index (Phi) is 4.50. The lowest BCUT2D eigenvalue weighted by molar-refractivity contribution is -0.103. The summed E-state index contributed by atoms with van der Waals surface area (Å²) < 4.78 is 17.9. The third kappa shape index (κ3) is 2.82. The first kappa shape index (κ1) is 14.6. The molecule has 20 heavy (non-hydrogen) atoms. The van der Waals surface area contributed by atoms with E-state index >= 15 is 0 Å². The van der Waals surface area contributed by atoms with E-state index in [4.69, 9.17) is 13.9 Å². The van der Waals surface area contributed by atoms with Gasteiger partial charge in [-0.3, -0.25) is 0 Å². The summed E-state index contributed by atoms with van der Waals surface area (Å²) in [4.78, 5) is 0. The Morgan fingerprint density at radius 3 is 3.05 bits per heavy atom. The molecule has 3 rings (SSSR count). The Morgan fingerprint density at radius 2 is 2.40 bits per heavy atom. The average Bonchev–Trinajstić information content (AvgIpc) is 3.06. The van der Waals surface area contributed by atoms with Crippen molar-refractivity contribution in [3.63, 3.8) is 0 Å². The second kappa shape index (κ2) is 6.18. The van der Waals surface area contributed by atoms with Gasteiger partial charge in [-0.1, -0.05) is 6.92 Å². The van der Waals surface area contributed by atoms with Crippen LogP contribution in [-0.4, -0.2) is 32.0 Å². The molecule has 3 atom stereocenters. The number of nitrogens with one attached hydrogen (secondary N) is 1. The van der Waals surface area contributed by atoms with Crippen molar-refractivity contribution in [2.24, 2.45) is 5.92 Å². The Bertz CT molecular complexity index is 442. The largest absolute Gasteiger partial charge is 0.457 e. The van der Waals surface area contributed by atoms with Crippen molar-refractivity contribution in [1.29, 1.82) is 0 Å². The third-order valence-electron chi connectivity index (χ3n) is 4.47. The van der Waals surface area contributed by atoms with E-state index in [0.29, 0.717) is 12.0 Å². The van der Waals surface area contributed by atoms with Crippen molar-refractivity contribution in [3.05, 3.63) is 22.6 Å². The highest BCUT2D eigenvalue weighted by Gasteiger charge is 2.43. The minimum atomic E-state index is -0.0488. The highest BCUT2D eigenvalue weighted by molar-refractivity contribution is 9.10. The van der Waals surface area contributed by atoms with Crippen molar-refractivity contribution in [1.82, 2.24) is 5.32 Å². The summed E-state index contributed by atoms with van der Waals surface area (Å²) >= 11 is 3.52. The van der Waals surface area contributed by atoms with Crippen LogP contribution in [0.1, 0.15) is 37.8 Å². The molecule has 0 amide bonds. The van der Waals surface area contributed by atoms with Crippen LogP contribution in [0.4, 0.5) is 0 Å². The van der Waals surface area contributed by atoms with E-state index in [2.05, 4.69) is 34.2 Å². The van der Waals surface area contributed by atoms with Crippen molar-refractivity contribution in [3.8, 4) is 0 Å². The van der Waals surface area contributed by atoms with E-state index in [1.807, 2.05) is 0 Å². The number of hydrogen-bond acceptors (Lipinski definition) is 4. The normalized spacial score (nSPS) is 31.8. The highest BCUT2D eigenvalue weighted by Crippen LogP contribution is 2.42. The number of hydrogen-bond donors (Lipinski definition) is 1. The monoisotopic (exact) mass is 343 g/mol. The van der Waals surface area contributed by atoms with Gasteiger partial charge in [-0.05, 0) is 47.3 Å². The zero-order chi connectivity index (χ0) is 14.0. The molecule has 0 aromatic carbocycles. The summed E-state index contributed by atoms with van der Waals surface area (Å²) in [6, 6.07) is 2.37. The first-order valence-corrected chi connectivity index (χ1v) is 8.21. The standard InChI is InChI=1S/C15H22BrNO3/c1-2-17-13(12-4-6-19-14(12)16)11-3-7-20-15(9-11)5-8-18-10-15/h4,6,11,13,17H,2-3,5,7-10H2,1H3. The fraction of sp³-hybridized carbons (Fsp3) is 0.733. The van der Waals surface area contributed by atoms with E-state index in [0.717, 1.165) is 50.3 Å². The van der Waals surface area contributed by atoms with Gasteiger partial charge < -0.3 is 19.2 Å². The molecule has 3 heterocycles. The molecule has 0 bridgehead atoms. The molecule has 3 unspecified atom stereocenters. The van der Waals surface area contributed by atoms with Crippen molar-refractivity contribution < 1.29 is 13.9 Å². The van der Waals surface area contributed by atoms with Crippen LogP contribution in [0.2, 0.25) is 0 Å². The molecule has 1 aromatic rings. The summed E-state index contributed by atoms with van der Waals surface area (Å²) in [5.74, 6) is 0.555. The average molecular weight is 344 g/mol. The van der Waals surface area contributed by atoms with Gasteiger partial charge in [0.1, 0.15) is 0 Å². The topological polar surface area (TPSA) is 43.6 Å². The predicted molar refractivity (Wildman–Crippen MR) is 79.7 cm³/mol. The van der Waals surface area contributed by atoms with E-state index < -0.39 is 0 Å². The maximum Gasteiger partial charge on any atom is 0.173 e. The van der Waals surface area contributed by atoms with Crippen molar-refractivity contribution in [2.75, 3.05) is 26.4 Å². The summed E-state index contributed by atoms with van der Waals surface area (Å²) in [6.45, 7) is 5.49. The van der Waals surface area contributed by atoms with Gasteiger partial charge >= 0.3 is 0 Å². The Labute approximate surface area is 128 Å². The summed E-state index contributed by atoms with van der Waals surface area (Å²) in [5.41, 5.74) is 1.17. The predicted octanol–water partition coefficient (Wildman–Crippen LogP) is 3.28. The lowest BCUT2D eigenvalue weighted by Crippen LogP contribution is -2.44. The molecule has 4 nitrogen and oxygen atoms in total. The van der Waals surface area contributed by atoms with Crippen LogP contribution in [0, 0.1) is 5.92 Å². The van der Waals surface area contributed by atoms with Crippen LogP contribution in [-0.2, 0) is 9.47 Å². The molecule has 2 fully saturated rings. The van der Waals surface area contributed by atoms with Crippen LogP contribution in [0.5, 0.6) is 0 Å². The zero-order valence-corrected chi connectivity index (χ0v) is 13.4. The number of halogens is 1. The second-order valence-corrected chi connectivity index (χ2v) is 6.49. The maximum atomic E-state index is 6.04. The summed E-state index contributed by atoms with van der Waals surface area (Å²) in [6.07, 6.45) is 4.91. The molecule has 5 heteroatoms. The number of furan rings is 1. The van der Waals surface area contributed by atoms with Crippen LogP contribution >= 0.6 is 15.9 Å². The van der Waals surface area contributed by atoms with Crippen molar-refractivity contribution in [2.45, 2.75) is 37.8 Å². The smallest absolute Gasteiger partial charge is 0.173 e. The lowest BCUT2D eigenvalue weighted by atomic mass is 9.79. The van der Waals surface area contributed by atoms with Gasteiger partial charge in [-0.2, -0.15) is 0 Å². The van der Waals surface area contributed by atoms with Gasteiger partial charge in [0, 0.05) is 31.2 Å². The Balaban J connectivity index is 1.79. The second-order valence-electron chi connectivity index (χ2n) is 5.77. The lowest BCUT2D eigenvalue weighted by Gasteiger charge is -2.40. The van der Waals surface area contributed by atoms with E-state index in [-0.39, 0.29) is 5.60 Å². The van der Waals surface area contributed by atoms with Crippen molar-refractivity contribution >= 4 is 15.9 Å². The summed E-state index contributed by atoms with van der Waals surface area (Å²) in [7, 11) is 0. The first-order valence-electron chi connectivity index (χ1n) is 7.42. The van der Waals surface area contributed by atoms with Crippen LogP contribution in [0.3, 0.4) is 0 Å². The van der Waals surface area contributed by atoms with Gasteiger partial charge in [0.15, 0.2) is 4.67 Å². The molecule has 0 aliphatic carbocycles. The Morgan fingerprint density at radius 1 is 1.50 bits per heavy atom. The molecule has 1 N–H and O–H groups in total. The molecule has 1 spiro atoms. The van der Waals surface area contributed by atoms with Gasteiger partial charge in [-0.15, -0.1) is 0 Å². The molecular weight excluding hydrogens is 322 g/mol.